The summed E-state index contributed by atoms with van der Waals surface area (Å²) in [4.78, 5) is 23.2. The monoisotopic (exact) mass is 513 g/mol. The summed E-state index contributed by atoms with van der Waals surface area (Å²) < 4.78 is 37.6. The van der Waals surface area contributed by atoms with Gasteiger partial charge < -0.3 is 24.7 Å². The van der Waals surface area contributed by atoms with Crippen LogP contribution in [0, 0.1) is 5.41 Å². The molecule has 1 amide bonds. The van der Waals surface area contributed by atoms with Gasteiger partial charge in [-0.3, -0.25) is 9.52 Å². The molecule has 0 radical (unpaired) electrons. The molecule has 2 fully saturated rings. The number of fused-ring (bicyclic) bond motifs is 1. The van der Waals surface area contributed by atoms with E-state index in [4.69, 9.17) is 9.47 Å². The molecule has 11 heteroatoms. The topological polar surface area (TPSA) is 126 Å². The summed E-state index contributed by atoms with van der Waals surface area (Å²) in [5.41, 5.74) is 3.72. The highest BCUT2D eigenvalue weighted by Crippen LogP contribution is 2.54. The smallest absolute Gasteiger partial charge is 0.294 e. The van der Waals surface area contributed by atoms with Crippen LogP contribution >= 0.6 is 0 Å². The van der Waals surface area contributed by atoms with Crippen molar-refractivity contribution in [3.8, 4) is 11.8 Å². The zero-order valence-electron chi connectivity index (χ0n) is 20.7. The second kappa shape index (κ2) is 9.20. The summed E-state index contributed by atoms with van der Waals surface area (Å²) in [6.45, 7) is 3.24. The Morgan fingerprint density at radius 2 is 1.86 bits per heavy atom. The fourth-order valence-electron chi connectivity index (χ4n) is 4.80. The van der Waals surface area contributed by atoms with Crippen molar-refractivity contribution in [3.63, 3.8) is 0 Å². The lowest BCUT2D eigenvalue weighted by molar-refractivity contribution is 0.102. The highest BCUT2D eigenvalue weighted by atomic mass is 32.2. The van der Waals surface area contributed by atoms with Gasteiger partial charge in [-0.15, -0.1) is 0 Å². The van der Waals surface area contributed by atoms with Crippen molar-refractivity contribution in [3.05, 3.63) is 35.9 Å². The third-order valence-corrected chi connectivity index (χ3v) is 8.57. The second-order valence-electron chi connectivity index (χ2n) is 9.46. The van der Waals surface area contributed by atoms with Gasteiger partial charge in [0.05, 0.1) is 42.6 Å². The van der Waals surface area contributed by atoms with Crippen LogP contribution in [0.4, 0.5) is 17.1 Å². The minimum Gasteiger partial charge on any atom is -0.494 e. The van der Waals surface area contributed by atoms with Gasteiger partial charge in [-0.05, 0) is 68.4 Å². The first-order valence-corrected chi connectivity index (χ1v) is 13.7. The molecule has 1 aliphatic carbocycles. The van der Waals surface area contributed by atoms with Gasteiger partial charge in [0, 0.05) is 13.1 Å². The molecule has 0 bridgehead atoms. The van der Waals surface area contributed by atoms with Crippen LogP contribution in [-0.2, 0) is 10.0 Å². The molecule has 0 unspecified atom stereocenters. The minimum absolute atomic E-state index is 0.0304. The Morgan fingerprint density at radius 1 is 1.11 bits per heavy atom. The average molecular weight is 514 g/mol. The fourth-order valence-corrected chi connectivity index (χ4v) is 5.43. The summed E-state index contributed by atoms with van der Waals surface area (Å²) in [7, 11) is -0.378. The average Bonchev–Trinajstić information content (AvgIpc) is 3.47. The summed E-state index contributed by atoms with van der Waals surface area (Å²) in [6, 6.07) is 8.85. The third kappa shape index (κ3) is 4.67. The molecule has 36 heavy (non-hydrogen) atoms. The van der Waals surface area contributed by atoms with Crippen LogP contribution < -0.4 is 24.4 Å². The number of hydrogen-bond acceptors (Lipinski definition) is 7. The van der Waals surface area contributed by atoms with E-state index in [0.29, 0.717) is 50.8 Å². The molecule has 2 heterocycles. The number of nitrogens with one attached hydrogen (secondary N) is 3. The van der Waals surface area contributed by atoms with Crippen molar-refractivity contribution in [2.24, 2.45) is 5.41 Å². The molecule has 1 aliphatic heterocycles. The molecule has 2 aliphatic rings. The molecule has 192 valence electrons. The molecular formula is C25H31N5O5S. The van der Waals surface area contributed by atoms with E-state index < -0.39 is 10.0 Å². The van der Waals surface area contributed by atoms with Gasteiger partial charge in [0.1, 0.15) is 16.8 Å². The van der Waals surface area contributed by atoms with Gasteiger partial charge in [0.25, 0.3) is 11.9 Å². The normalized spacial score (nSPS) is 16.7. The molecule has 1 saturated carbocycles. The zero-order valence-corrected chi connectivity index (χ0v) is 21.5. The number of aromatic amines is 1. The number of ether oxygens (including phenoxy) is 2. The SMILES string of the molecule is CCS(=O)(=O)Nc1ccc(C(=O)Nc2ccc(OC)c3[nH]c(OC)nc23)c(N2CCC3(CC2)CC3)c1. The number of anilines is 3. The van der Waals surface area contributed by atoms with E-state index in [1.807, 2.05) is 0 Å². The highest BCUT2D eigenvalue weighted by molar-refractivity contribution is 7.92. The molecule has 0 atom stereocenters. The van der Waals surface area contributed by atoms with E-state index in [1.54, 1.807) is 44.4 Å². The summed E-state index contributed by atoms with van der Waals surface area (Å²) >= 11 is 0. The number of nitrogens with zero attached hydrogens (tertiary/aromatic N) is 2. The number of rotatable bonds is 8. The predicted molar refractivity (Wildman–Crippen MR) is 140 cm³/mol. The molecule has 1 spiro atoms. The second-order valence-corrected chi connectivity index (χ2v) is 11.5. The maximum absolute atomic E-state index is 13.6. The van der Waals surface area contributed by atoms with Gasteiger partial charge in [-0.2, -0.15) is 4.98 Å². The number of hydrogen-bond donors (Lipinski definition) is 3. The molecule has 3 aromatic rings. The number of methoxy groups -OCH3 is 2. The van der Waals surface area contributed by atoms with Crippen LogP contribution in [-0.4, -0.2) is 57.4 Å². The molecule has 3 N–H and O–H groups in total. The van der Waals surface area contributed by atoms with Crippen molar-refractivity contribution in [2.75, 3.05) is 48.0 Å². The molecule has 10 nitrogen and oxygen atoms in total. The van der Waals surface area contributed by atoms with Crippen LogP contribution in [0.2, 0.25) is 0 Å². The molecule has 1 aromatic heterocycles. The Balaban J connectivity index is 1.48. The quantitative estimate of drug-likeness (QED) is 0.416. The van der Waals surface area contributed by atoms with E-state index in [9.17, 15) is 13.2 Å². The number of benzene rings is 2. The zero-order chi connectivity index (χ0) is 25.5. The fraction of sp³-hybridized carbons (Fsp3) is 0.440. The molecular weight excluding hydrogens is 482 g/mol. The van der Waals surface area contributed by atoms with E-state index in [-0.39, 0.29) is 11.7 Å². The van der Waals surface area contributed by atoms with Crippen LogP contribution in [0.15, 0.2) is 30.3 Å². The van der Waals surface area contributed by atoms with Gasteiger partial charge in [0.2, 0.25) is 10.0 Å². The number of carbonyl (C=O) groups excluding carboxylic acids is 1. The van der Waals surface area contributed by atoms with E-state index >= 15 is 0 Å². The minimum atomic E-state index is -3.45. The number of H-pyrrole nitrogens is 1. The molecule has 1 saturated heterocycles. The van der Waals surface area contributed by atoms with Crippen LogP contribution in [0.1, 0.15) is 43.0 Å². The van der Waals surface area contributed by atoms with E-state index in [2.05, 4.69) is 24.9 Å². The van der Waals surface area contributed by atoms with Crippen LogP contribution in [0.3, 0.4) is 0 Å². The Hall–Kier alpha value is -3.47. The first-order chi connectivity index (χ1) is 17.3. The number of piperidine rings is 1. The van der Waals surface area contributed by atoms with Crippen molar-refractivity contribution in [1.82, 2.24) is 9.97 Å². The summed E-state index contributed by atoms with van der Waals surface area (Å²) in [6.07, 6.45) is 4.69. The van der Waals surface area contributed by atoms with Gasteiger partial charge in [0.15, 0.2) is 0 Å². The predicted octanol–water partition coefficient (Wildman–Crippen LogP) is 3.97. The Labute approximate surface area is 210 Å². The largest absolute Gasteiger partial charge is 0.494 e. The standard InChI is InChI=1S/C25H31N5O5S/c1-4-36(32,33)29-16-5-6-17(19(15-16)30-13-11-25(9-10-25)12-14-30)23(31)26-18-7-8-20(34-2)22-21(18)27-24(28-22)35-3/h5-8,15,29H,4,9-14H2,1-3H3,(H,26,31)(H,27,28). The van der Waals surface area contributed by atoms with Crippen LogP contribution in [0.25, 0.3) is 11.0 Å². The van der Waals surface area contributed by atoms with E-state index in [0.717, 1.165) is 25.9 Å². The Kier molecular flexibility index (Phi) is 6.19. The van der Waals surface area contributed by atoms with Crippen molar-refractivity contribution in [1.29, 1.82) is 0 Å². The van der Waals surface area contributed by atoms with Gasteiger partial charge in [-0.25, -0.2) is 8.42 Å². The lowest BCUT2D eigenvalue weighted by Crippen LogP contribution is -2.35. The number of imidazole rings is 1. The van der Waals surface area contributed by atoms with Crippen LogP contribution in [0.5, 0.6) is 11.8 Å². The number of amides is 1. The van der Waals surface area contributed by atoms with E-state index in [1.165, 1.54) is 20.0 Å². The van der Waals surface area contributed by atoms with Crippen molar-refractivity contribution >= 4 is 44.0 Å². The first-order valence-electron chi connectivity index (χ1n) is 12.1. The van der Waals surface area contributed by atoms with Gasteiger partial charge >= 0.3 is 0 Å². The number of carbonyl (C=O) groups is 1. The number of aromatic nitrogens is 2. The molecule has 5 rings (SSSR count). The van der Waals surface area contributed by atoms with Crippen molar-refractivity contribution < 1.29 is 22.7 Å². The Morgan fingerprint density at radius 3 is 2.50 bits per heavy atom. The first kappa shape index (κ1) is 24.2. The maximum atomic E-state index is 13.6. The summed E-state index contributed by atoms with van der Waals surface area (Å²) in [5, 5.41) is 2.98. The third-order valence-electron chi connectivity index (χ3n) is 7.26. The highest BCUT2D eigenvalue weighted by Gasteiger charge is 2.44. The van der Waals surface area contributed by atoms with Crippen molar-refractivity contribution in [2.45, 2.75) is 32.6 Å². The maximum Gasteiger partial charge on any atom is 0.294 e. The number of sulfonamides is 1. The lowest BCUT2D eigenvalue weighted by atomic mass is 9.93. The molecule has 2 aromatic carbocycles. The summed E-state index contributed by atoms with van der Waals surface area (Å²) in [5.74, 6) is 0.238. The lowest BCUT2D eigenvalue weighted by Gasteiger charge is -2.35. The van der Waals surface area contributed by atoms with Gasteiger partial charge in [-0.1, -0.05) is 0 Å². The Bertz CT molecular complexity index is 1400.